The van der Waals surface area contributed by atoms with Crippen LogP contribution in [0, 0.1) is 26.4 Å². The van der Waals surface area contributed by atoms with E-state index < -0.39 is 27.8 Å². The molecule has 1 N–H and O–H groups in total. The molecule has 1 aromatic heterocycles. The monoisotopic (exact) mass is 347 g/mol. The Morgan fingerprint density at radius 3 is 2.68 bits per heavy atom. The lowest BCUT2D eigenvalue weighted by Crippen LogP contribution is -2.00. The fourth-order valence-corrected chi connectivity index (χ4v) is 1.76. The first-order valence-corrected chi connectivity index (χ1v) is 5.99. The molecule has 5 nitrogen and oxygen atoms in total. The first-order valence-electron chi connectivity index (χ1n) is 4.79. The summed E-state index contributed by atoms with van der Waals surface area (Å²) in [4.78, 5) is 15.9. The average molecular weight is 348 g/mol. The number of H-pyrrole nitrogens is 1. The van der Waals surface area contributed by atoms with Crippen LogP contribution in [-0.4, -0.2) is 14.9 Å². The van der Waals surface area contributed by atoms with Crippen molar-refractivity contribution >= 4 is 33.8 Å². The van der Waals surface area contributed by atoms with Crippen LogP contribution >= 0.6 is 28.1 Å². The number of rotatable bonds is 2. The molecule has 0 saturated heterocycles. The van der Waals surface area contributed by atoms with Crippen LogP contribution < -0.4 is 0 Å². The third-order valence-electron chi connectivity index (χ3n) is 2.26. The van der Waals surface area contributed by atoms with Crippen molar-refractivity contribution < 1.29 is 13.7 Å². The second kappa shape index (κ2) is 5.10. The molecule has 0 aliphatic carbocycles. The van der Waals surface area contributed by atoms with Gasteiger partial charge in [0.05, 0.1) is 15.0 Å². The smallest absolute Gasteiger partial charge is 0.305 e. The lowest BCUT2D eigenvalue weighted by molar-refractivity contribution is -0.387. The van der Waals surface area contributed by atoms with E-state index in [1.54, 1.807) is 0 Å². The highest BCUT2D eigenvalue weighted by molar-refractivity contribution is 9.10. The van der Waals surface area contributed by atoms with Crippen molar-refractivity contribution in [3.05, 3.63) is 49.2 Å². The van der Waals surface area contributed by atoms with E-state index >= 15 is 0 Å². The third kappa shape index (κ3) is 2.51. The van der Waals surface area contributed by atoms with E-state index in [1.165, 1.54) is 6.20 Å². The molecule has 9 heteroatoms. The second-order valence-corrected chi connectivity index (χ2v) is 4.68. The van der Waals surface area contributed by atoms with E-state index in [1.807, 2.05) is 0 Å². The van der Waals surface area contributed by atoms with Gasteiger partial charge in [-0.25, -0.2) is 9.37 Å². The van der Waals surface area contributed by atoms with Gasteiger partial charge in [0.15, 0.2) is 0 Å². The molecule has 2 rings (SSSR count). The first kappa shape index (κ1) is 13.7. The van der Waals surface area contributed by atoms with Gasteiger partial charge < -0.3 is 4.98 Å². The molecule has 0 spiro atoms. The Labute approximate surface area is 118 Å². The van der Waals surface area contributed by atoms with Gasteiger partial charge in [0.25, 0.3) is 0 Å². The van der Waals surface area contributed by atoms with Gasteiger partial charge in [-0.2, -0.15) is 4.39 Å². The molecule has 0 amide bonds. The molecule has 0 aliphatic heterocycles. The highest BCUT2D eigenvalue weighted by atomic mass is 79.9. The van der Waals surface area contributed by atoms with Crippen LogP contribution in [0.1, 0.15) is 0 Å². The van der Waals surface area contributed by atoms with Gasteiger partial charge in [-0.15, -0.1) is 0 Å². The fraction of sp³-hybridized carbons (Fsp3) is 0. The zero-order valence-corrected chi connectivity index (χ0v) is 11.4. The van der Waals surface area contributed by atoms with E-state index in [-0.39, 0.29) is 10.5 Å². The fourth-order valence-electron chi connectivity index (χ4n) is 1.41. The minimum Gasteiger partial charge on any atom is -0.330 e. The van der Waals surface area contributed by atoms with Crippen LogP contribution in [-0.2, 0) is 0 Å². The summed E-state index contributed by atoms with van der Waals surface area (Å²) in [7, 11) is 0. The van der Waals surface area contributed by atoms with Crippen LogP contribution in [0.5, 0.6) is 0 Å². The Kier molecular flexibility index (Phi) is 3.67. The van der Waals surface area contributed by atoms with E-state index in [0.29, 0.717) is 4.47 Å². The molecule has 2 aromatic rings. The maximum absolute atomic E-state index is 13.9. The maximum Gasteiger partial charge on any atom is 0.305 e. The number of benzene rings is 1. The van der Waals surface area contributed by atoms with Gasteiger partial charge in [-0.1, -0.05) is 12.2 Å². The summed E-state index contributed by atoms with van der Waals surface area (Å²) in [6.45, 7) is 0. The van der Waals surface area contributed by atoms with Crippen molar-refractivity contribution in [1.82, 2.24) is 9.97 Å². The zero-order chi connectivity index (χ0) is 14.2. The molecule has 0 atom stereocenters. The number of nitrogens with zero attached hydrogens (tertiary/aromatic N) is 2. The first-order chi connectivity index (χ1) is 8.91. The molecule has 1 aromatic carbocycles. The molecule has 1 heterocycles. The van der Waals surface area contributed by atoms with Gasteiger partial charge in [0.1, 0.15) is 16.3 Å². The number of hydrogen-bond acceptors (Lipinski definition) is 4. The van der Waals surface area contributed by atoms with Crippen LogP contribution in [0.3, 0.4) is 0 Å². The highest BCUT2D eigenvalue weighted by Crippen LogP contribution is 2.29. The molecule has 0 fully saturated rings. The number of nitro benzene ring substituents is 1. The van der Waals surface area contributed by atoms with Crippen molar-refractivity contribution in [3.63, 3.8) is 0 Å². The molecular weight excluding hydrogens is 344 g/mol. The van der Waals surface area contributed by atoms with Crippen molar-refractivity contribution in [1.29, 1.82) is 0 Å². The van der Waals surface area contributed by atoms with E-state index in [2.05, 4.69) is 25.9 Å². The lowest BCUT2D eigenvalue weighted by atomic mass is 10.1. The van der Waals surface area contributed by atoms with Crippen LogP contribution in [0.2, 0.25) is 0 Å². The molecular formula is C10H4BrF2N3O2S. The van der Waals surface area contributed by atoms with Crippen LogP contribution in [0.25, 0.3) is 11.4 Å². The minimum atomic E-state index is -1.30. The average Bonchev–Trinajstić information content (AvgIpc) is 2.33. The summed E-state index contributed by atoms with van der Waals surface area (Å²) in [5.41, 5.74) is -1.45. The summed E-state index contributed by atoms with van der Waals surface area (Å²) < 4.78 is 28.2. The van der Waals surface area contributed by atoms with Crippen molar-refractivity contribution in [2.75, 3.05) is 0 Å². The number of nitrogens with one attached hydrogen (secondary N) is 1. The molecule has 19 heavy (non-hydrogen) atoms. The number of halogens is 3. The van der Waals surface area contributed by atoms with Crippen molar-refractivity contribution in [3.8, 4) is 11.4 Å². The summed E-state index contributed by atoms with van der Waals surface area (Å²) in [5, 5.41) is 10.6. The number of aromatic nitrogens is 2. The Morgan fingerprint density at radius 2 is 2.11 bits per heavy atom. The SMILES string of the molecule is O=[N+]([O-])c1ccc(F)c(-c2ncc(Br)c(=S)[nH]2)c1F. The van der Waals surface area contributed by atoms with Gasteiger partial charge in [-0.3, -0.25) is 10.1 Å². The predicted molar refractivity (Wildman–Crippen MR) is 69.1 cm³/mol. The van der Waals surface area contributed by atoms with Crippen LogP contribution in [0.15, 0.2) is 22.8 Å². The predicted octanol–water partition coefficient (Wildman–Crippen LogP) is 3.76. The van der Waals surface area contributed by atoms with Crippen molar-refractivity contribution in [2.24, 2.45) is 0 Å². The lowest BCUT2D eigenvalue weighted by Gasteiger charge is -2.05. The molecule has 98 valence electrons. The molecule has 0 saturated carbocycles. The summed E-state index contributed by atoms with van der Waals surface area (Å²) in [6, 6.07) is 1.55. The Hall–Kier alpha value is -1.74. The maximum atomic E-state index is 13.9. The number of aromatic amines is 1. The standard InChI is InChI=1S/C10H4BrF2N3O2S/c11-4-3-14-9(15-10(4)19)7-5(12)1-2-6(8(7)13)16(17)18/h1-3H,(H,14,15,19). The zero-order valence-electron chi connectivity index (χ0n) is 8.99. The number of nitro groups is 1. The van der Waals surface area contributed by atoms with E-state index in [9.17, 15) is 18.9 Å². The highest BCUT2D eigenvalue weighted by Gasteiger charge is 2.23. The Morgan fingerprint density at radius 1 is 1.42 bits per heavy atom. The Balaban J connectivity index is 2.74. The molecule has 0 unspecified atom stereocenters. The third-order valence-corrected chi connectivity index (χ3v) is 3.45. The summed E-state index contributed by atoms with van der Waals surface area (Å²) in [6.07, 6.45) is 1.26. The largest absolute Gasteiger partial charge is 0.330 e. The topological polar surface area (TPSA) is 71.8 Å². The summed E-state index contributed by atoms with van der Waals surface area (Å²) >= 11 is 7.97. The minimum absolute atomic E-state index is 0.176. The van der Waals surface area contributed by atoms with E-state index in [0.717, 1.165) is 12.1 Å². The van der Waals surface area contributed by atoms with Gasteiger partial charge in [0.2, 0.25) is 5.82 Å². The quantitative estimate of drug-likeness (QED) is 0.510. The van der Waals surface area contributed by atoms with Gasteiger partial charge in [0, 0.05) is 12.3 Å². The normalized spacial score (nSPS) is 10.5. The van der Waals surface area contributed by atoms with Gasteiger partial charge in [-0.05, 0) is 22.0 Å². The Bertz CT molecular complexity index is 735. The second-order valence-electron chi connectivity index (χ2n) is 3.42. The van der Waals surface area contributed by atoms with E-state index in [4.69, 9.17) is 12.2 Å². The molecule has 0 aliphatic rings. The molecule has 0 bridgehead atoms. The molecule has 0 radical (unpaired) electrons. The summed E-state index contributed by atoms with van der Waals surface area (Å²) in [5.74, 6) is -2.49. The number of hydrogen-bond donors (Lipinski definition) is 1. The van der Waals surface area contributed by atoms with Gasteiger partial charge >= 0.3 is 5.69 Å². The van der Waals surface area contributed by atoms with Crippen molar-refractivity contribution in [2.45, 2.75) is 0 Å². The van der Waals surface area contributed by atoms with Crippen LogP contribution in [0.4, 0.5) is 14.5 Å².